The maximum absolute atomic E-state index is 12.7. The van der Waals surface area contributed by atoms with Gasteiger partial charge in [0.15, 0.2) is 0 Å². The normalized spacial score (nSPS) is 20.3. The van der Waals surface area contributed by atoms with Gasteiger partial charge < -0.3 is 10.6 Å². The second-order valence-electron chi connectivity index (χ2n) is 8.44. The van der Waals surface area contributed by atoms with Gasteiger partial charge in [0.1, 0.15) is 11.4 Å². The highest BCUT2D eigenvalue weighted by molar-refractivity contribution is 5.96. The Morgan fingerprint density at radius 1 is 0.643 bits per heavy atom. The van der Waals surface area contributed by atoms with Gasteiger partial charge in [-0.1, -0.05) is 70.3 Å². The number of carbonyl (C=O) groups is 2. The molecule has 1 aromatic rings. The Kier molecular flexibility index (Phi) is 8.31. The highest BCUT2D eigenvalue weighted by Crippen LogP contribution is 2.18. The summed E-state index contributed by atoms with van der Waals surface area (Å²) in [6, 6.07) is 5.60. The van der Waals surface area contributed by atoms with E-state index in [-0.39, 0.29) is 23.9 Å². The van der Waals surface area contributed by atoms with Crippen molar-refractivity contribution in [2.24, 2.45) is 0 Å². The Morgan fingerprint density at radius 2 is 1.00 bits per heavy atom. The van der Waals surface area contributed by atoms with E-state index in [0.29, 0.717) is 11.4 Å². The van der Waals surface area contributed by atoms with E-state index >= 15 is 0 Å². The third kappa shape index (κ3) is 6.61. The molecule has 2 aliphatic carbocycles. The summed E-state index contributed by atoms with van der Waals surface area (Å²) in [7, 11) is 0. The van der Waals surface area contributed by atoms with Crippen LogP contribution in [-0.2, 0) is 0 Å². The van der Waals surface area contributed by atoms with Crippen LogP contribution in [0.1, 0.15) is 111 Å². The molecule has 0 saturated heterocycles. The number of pyridine rings is 1. The van der Waals surface area contributed by atoms with E-state index in [2.05, 4.69) is 15.6 Å². The molecule has 0 aliphatic heterocycles. The number of carbonyl (C=O) groups excluding carboxylic acids is 2. The number of aromatic nitrogens is 1. The Labute approximate surface area is 169 Å². The molecule has 5 heteroatoms. The molecule has 2 amide bonds. The van der Waals surface area contributed by atoms with E-state index in [0.717, 1.165) is 25.7 Å². The van der Waals surface area contributed by atoms with Gasteiger partial charge in [0.25, 0.3) is 11.8 Å². The molecule has 154 valence electrons. The predicted molar refractivity (Wildman–Crippen MR) is 111 cm³/mol. The molecule has 0 atom stereocenters. The number of hydrogen-bond acceptors (Lipinski definition) is 3. The van der Waals surface area contributed by atoms with E-state index < -0.39 is 0 Å². The maximum Gasteiger partial charge on any atom is 0.270 e. The molecule has 28 heavy (non-hydrogen) atoms. The summed E-state index contributed by atoms with van der Waals surface area (Å²) in [5, 5.41) is 6.27. The number of rotatable bonds is 4. The van der Waals surface area contributed by atoms with Crippen molar-refractivity contribution >= 4 is 11.8 Å². The first-order valence-corrected chi connectivity index (χ1v) is 11.3. The Morgan fingerprint density at radius 3 is 1.39 bits per heavy atom. The third-order valence-electron chi connectivity index (χ3n) is 6.10. The maximum atomic E-state index is 12.7. The first kappa shape index (κ1) is 20.8. The number of amides is 2. The molecule has 2 aliphatic rings. The summed E-state index contributed by atoms with van der Waals surface area (Å²) in [4.78, 5) is 29.7. The molecule has 0 unspecified atom stereocenters. The van der Waals surface area contributed by atoms with Crippen molar-refractivity contribution in [1.82, 2.24) is 15.6 Å². The lowest BCUT2D eigenvalue weighted by molar-refractivity contribution is 0.0921. The quantitative estimate of drug-likeness (QED) is 0.784. The molecule has 1 aromatic heterocycles. The molecule has 0 spiro atoms. The molecule has 3 rings (SSSR count). The van der Waals surface area contributed by atoms with Crippen molar-refractivity contribution in [2.45, 2.75) is 102 Å². The van der Waals surface area contributed by atoms with E-state index in [9.17, 15) is 9.59 Å². The lowest BCUT2D eigenvalue weighted by Gasteiger charge is -2.21. The highest BCUT2D eigenvalue weighted by Gasteiger charge is 2.19. The predicted octanol–water partition coefficient (Wildman–Crippen LogP) is 4.77. The zero-order valence-electron chi connectivity index (χ0n) is 17.0. The van der Waals surface area contributed by atoms with Crippen molar-refractivity contribution in [3.63, 3.8) is 0 Å². The largest absolute Gasteiger partial charge is 0.348 e. The van der Waals surface area contributed by atoms with Gasteiger partial charge in [0.2, 0.25) is 0 Å². The van der Waals surface area contributed by atoms with Crippen LogP contribution in [-0.4, -0.2) is 28.9 Å². The van der Waals surface area contributed by atoms with Gasteiger partial charge in [-0.15, -0.1) is 0 Å². The lowest BCUT2D eigenvalue weighted by atomic mass is 9.96. The topological polar surface area (TPSA) is 71.1 Å². The van der Waals surface area contributed by atoms with Gasteiger partial charge in [0.05, 0.1) is 0 Å². The van der Waals surface area contributed by atoms with E-state index in [4.69, 9.17) is 0 Å². The minimum atomic E-state index is -0.161. The smallest absolute Gasteiger partial charge is 0.270 e. The second-order valence-corrected chi connectivity index (χ2v) is 8.44. The standard InChI is InChI=1S/C23H35N3O2/c27-22(24-18-12-7-3-1-4-8-13-18)20-16-11-17-21(26-20)23(28)25-19-14-9-5-2-6-10-15-19/h11,16-19H,1-10,12-15H2,(H,24,27)(H,25,28). The minimum absolute atomic E-state index is 0.161. The summed E-state index contributed by atoms with van der Waals surface area (Å²) in [5.74, 6) is -0.322. The van der Waals surface area contributed by atoms with E-state index in [1.54, 1.807) is 18.2 Å². The minimum Gasteiger partial charge on any atom is -0.348 e. The summed E-state index contributed by atoms with van der Waals surface area (Å²) in [6.07, 6.45) is 16.4. The van der Waals surface area contributed by atoms with Crippen molar-refractivity contribution in [3.05, 3.63) is 29.6 Å². The van der Waals surface area contributed by atoms with Gasteiger partial charge in [-0.3, -0.25) is 9.59 Å². The fraction of sp³-hybridized carbons (Fsp3) is 0.696. The van der Waals surface area contributed by atoms with E-state index in [1.165, 1.54) is 64.2 Å². The molecule has 0 radical (unpaired) electrons. The molecular formula is C23H35N3O2. The molecule has 1 heterocycles. The summed E-state index contributed by atoms with van der Waals surface area (Å²) < 4.78 is 0. The summed E-state index contributed by atoms with van der Waals surface area (Å²) in [5.41, 5.74) is 0.680. The molecule has 2 fully saturated rings. The number of nitrogens with one attached hydrogen (secondary N) is 2. The summed E-state index contributed by atoms with van der Waals surface area (Å²) in [6.45, 7) is 0. The fourth-order valence-corrected chi connectivity index (χ4v) is 4.41. The Hall–Kier alpha value is -1.91. The van der Waals surface area contributed by atoms with Crippen LogP contribution in [0.3, 0.4) is 0 Å². The first-order chi connectivity index (χ1) is 13.7. The molecule has 2 saturated carbocycles. The van der Waals surface area contributed by atoms with Crippen LogP contribution >= 0.6 is 0 Å². The monoisotopic (exact) mass is 385 g/mol. The van der Waals surface area contributed by atoms with Crippen LogP contribution in [0.4, 0.5) is 0 Å². The van der Waals surface area contributed by atoms with Gasteiger partial charge in [-0.25, -0.2) is 4.98 Å². The van der Waals surface area contributed by atoms with Crippen LogP contribution in [0.5, 0.6) is 0 Å². The van der Waals surface area contributed by atoms with Gasteiger partial charge in [0, 0.05) is 12.1 Å². The van der Waals surface area contributed by atoms with Crippen molar-refractivity contribution in [2.75, 3.05) is 0 Å². The molecule has 0 aromatic carbocycles. The second kappa shape index (κ2) is 11.2. The number of nitrogens with zero attached hydrogens (tertiary/aromatic N) is 1. The van der Waals surface area contributed by atoms with Gasteiger partial charge in [-0.05, 0) is 37.8 Å². The Balaban J connectivity index is 1.57. The van der Waals surface area contributed by atoms with Crippen LogP contribution in [0, 0.1) is 0 Å². The van der Waals surface area contributed by atoms with Crippen LogP contribution < -0.4 is 10.6 Å². The number of hydrogen-bond donors (Lipinski definition) is 2. The van der Waals surface area contributed by atoms with Crippen LogP contribution in [0.2, 0.25) is 0 Å². The van der Waals surface area contributed by atoms with Gasteiger partial charge >= 0.3 is 0 Å². The Bertz CT molecular complexity index is 579. The molecular weight excluding hydrogens is 350 g/mol. The molecule has 0 bridgehead atoms. The molecule has 2 N–H and O–H groups in total. The SMILES string of the molecule is O=C(NC1CCCCCCC1)c1cccc(C(=O)NC2CCCCCCC2)n1. The fourth-order valence-electron chi connectivity index (χ4n) is 4.41. The van der Waals surface area contributed by atoms with Crippen LogP contribution in [0.15, 0.2) is 18.2 Å². The van der Waals surface area contributed by atoms with Crippen LogP contribution in [0.25, 0.3) is 0 Å². The third-order valence-corrected chi connectivity index (χ3v) is 6.10. The average molecular weight is 386 g/mol. The van der Waals surface area contributed by atoms with Crippen molar-refractivity contribution in [3.8, 4) is 0 Å². The van der Waals surface area contributed by atoms with Crippen molar-refractivity contribution in [1.29, 1.82) is 0 Å². The summed E-state index contributed by atoms with van der Waals surface area (Å²) >= 11 is 0. The van der Waals surface area contributed by atoms with Gasteiger partial charge in [-0.2, -0.15) is 0 Å². The highest BCUT2D eigenvalue weighted by atomic mass is 16.2. The zero-order valence-corrected chi connectivity index (χ0v) is 17.0. The average Bonchev–Trinajstić information content (AvgIpc) is 2.66. The van der Waals surface area contributed by atoms with Crippen molar-refractivity contribution < 1.29 is 9.59 Å². The first-order valence-electron chi connectivity index (χ1n) is 11.3. The lowest BCUT2D eigenvalue weighted by Crippen LogP contribution is -2.37. The van der Waals surface area contributed by atoms with E-state index in [1.807, 2.05) is 0 Å². The molecule has 5 nitrogen and oxygen atoms in total. The zero-order chi connectivity index (χ0) is 19.6.